The van der Waals surface area contributed by atoms with Crippen molar-refractivity contribution in [3.05, 3.63) is 41.7 Å². The van der Waals surface area contributed by atoms with Gasteiger partial charge in [0.15, 0.2) is 0 Å². The van der Waals surface area contributed by atoms with Gasteiger partial charge in [-0.2, -0.15) is 5.10 Å². The van der Waals surface area contributed by atoms with E-state index in [9.17, 15) is 0 Å². The third-order valence-electron chi connectivity index (χ3n) is 2.88. The van der Waals surface area contributed by atoms with Crippen molar-refractivity contribution in [2.45, 2.75) is 33.4 Å². The van der Waals surface area contributed by atoms with E-state index < -0.39 is 0 Å². The summed E-state index contributed by atoms with van der Waals surface area (Å²) in [5.41, 5.74) is 10.6. The lowest BCUT2D eigenvalue weighted by molar-refractivity contribution is 0.603. The van der Waals surface area contributed by atoms with Crippen LogP contribution in [0.5, 0.6) is 0 Å². The third kappa shape index (κ3) is 2.56. The topological polar surface area (TPSA) is 43.8 Å². The Morgan fingerprint density at radius 2 is 2.18 bits per heavy atom. The molecule has 1 aromatic carbocycles. The smallest absolute Gasteiger partial charge is 0.0568 e. The molecule has 0 radical (unpaired) electrons. The first-order valence-electron chi connectivity index (χ1n) is 6.07. The highest BCUT2D eigenvalue weighted by atomic mass is 15.3. The van der Waals surface area contributed by atoms with Gasteiger partial charge in [-0.15, -0.1) is 0 Å². The minimum Gasteiger partial charge on any atom is -0.326 e. The molecule has 1 aromatic heterocycles. The molecule has 1 heterocycles. The van der Waals surface area contributed by atoms with Gasteiger partial charge in [-0.05, 0) is 24.5 Å². The van der Waals surface area contributed by atoms with Gasteiger partial charge >= 0.3 is 0 Å². The molecular weight excluding hydrogens is 210 g/mol. The van der Waals surface area contributed by atoms with Crippen molar-refractivity contribution in [3.8, 4) is 11.1 Å². The van der Waals surface area contributed by atoms with Crippen LogP contribution in [-0.2, 0) is 13.1 Å². The number of aryl methyl sites for hydroxylation is 2. The second-order valence-electron chi connectivity index (χ2n) is 4.36. The summed E-state index contributed by atoms with van der Waals surface area (Å²) in [4.78, 5) is 0. The fourth-order valence-electron chi connectivity index (χ4n) is 2.03. The molecule has 3 nitrogen and oxygen atoms in total. The van der Waals surface area contributed by atoms with Crippen molar-refractivity contribution in [1.29, 1.82) is 0 Å². The fourth-order valence-corrected chi connectivity index (χ4v) is 2.03. The summed E-state index contributed by atoms with van der Waals surface area (Å²) in [5.74, 6) is 0. The van der Waals surface area contributed by atoms with Crippen LogP contribution in [0.2, 0.25) is 0 Å². The van der Waals surface area contributed by atoms with E-state index in [4.69, 9.17) is 5.73 Å². The summed E-state index contributed by atoms with van der Waals surface area (Å²) in [7, 11) is 0. The van der Waals surface area contributed by atoms with Crippen LogP contribution < -0.4 is 5.73 Å². The second-order valence-corrected chi connectivity index (χ2v) is 4.36. The van der Waals surface area contributed by atoms with Crippen molar-refractivity contribution < 1.29 is 0 Å². The quantitative estimate of drug-likeness (QED) is 0.876. The van der Waals surface area contributed by atoms with Gasteiger partial charge in [0.05, 0.1) is 6.20 Å². The zero-order chi connectivity index (χ0) is 12.3. The van der Waals surface area contributed by atoms with Crippen molar-refractivity contribution >= 4 is 0 Å². The van der Waals surface area contributed by atoms with Crippen molar-refractivity contribution in [1.82, 2.24) is 9.78 Å². The fraction of sp³-hybridized carbons (Fsp3) is 0.357. The largest absolute Gasteiger partial charge is 0.326 e. The number of rotatable bonds is 4. The number of hydrogen-bond acceptors (Lipinski definition) is 2. The SMILES string of the molecule is CCCn1cc(-c2ccc(C)cc2CN)cn1. The first-order chi connectivity index (χ1) is 8.24. The molecule has 0 saturated carbocycles. The van der Waals surface area contributed by atoms with Crippen LogP contribution >= 0.6 is 0 Å². The Hall–Kier alpha value is -1.61. The summed E-state index contributed by atoms with van der Waals surface area (Å²) >= 11 is 0. The van der Waals surface area contributed by atoms with Crippen LogP contribution in [-0.4, -0.2) is 9.78 Å². The lowest BCUT2D eigenvalue weighted by Crippen LogP contribution is -1.99. The Kier molecular flexibility index (Phi) is 3.59. The number of benzene rings is 1. The highest BCUT2D eigenvalue weighted by Gasteiger charge is 2.06. The van der Waals surface area contributed by atoms with Gasteiger partial charge in [0.1, 0.15) is 0 Å². The van der Waals surface area contributed by atoms with E-state index in [0.29, 0.717) is 6.54 Å². The van der Waals surface area contributed by atoms with Crippen molar-refractivity contribution in [2.24, 2.45) is 5.73 Å². The summed E-state index contributed by atoms with van der Waals surface area (Å²) in [5, 5.41) is 4.36. The molecule has 2 rings (SSSR count). The summed E-state index contributed by atoms with van der Waals surface area (Å²) in [6, 6.07) is 6.39. The Labute approximate surface area is 102 Å². The Balaban J connectivity index is 2.37. The molecule has 0 unspecified atom stereocenters. The van der Waals surface area contributed by atoms with Gasteiger partial charge in [-0.3, -0.25) is 4.68 Å². The zero-order valence-electron chi connectivity index (χ0n) is 10.5. The number of nitrogens with zero attached hydrogens (tertiary/aromatic N) is 2. The molecule has 2 N–H and O–H groups in total. The van der Waals surface area contributed by atoms with Crippen LogP contribution in [0.4, 0.5) is 0 Å². The van der Waals surface area contributed by atoms with Gasteiger partial charge in [-0.25, -0.2) is 0 Å². The van der Waals surface area contributed by atoms with Crippen LogP contribution in [0.25, 0.3) is 11.1 Å². The Morgan fingerprint density at radius 3 is 2.88 bits per heavy atom. The van der Waals surface area contributed by atoms with Gasteiger partial charge in [0, 0.05) is 24.8 Å². The van der Waals surface area contributed by atoms with Gasteiger partial charge in [0.2, 0.25) is 0 Å². The maximum atomic E-state index is 5.80. The predicted octanol–water partition coefficient (Wildman–Crippen LogP) is 2.73. The van der Waals surface area contributed by atoms with E-state index in [-0.39, 0.29) is 0 Å². The van der Waals surface area contributed by atoms with Crippen LogP contribution in [0.3, 0.4) is 0 Å². The van der Waals surface area contributed by atoms with E-state index in [1.165, 1.54) is 16.7 Å². The molecule has 0 aliphatic rings. The van der Waals surface area contributed by atoms with E-state index in [1.54, 1.807) is 0 Å². The number of aromatic nitrogens is 2. The Bertz CT molecular complexity index is 500. The summed E-state index contributed by atoms with van der Waals surface area (Å²) in [6.45, 7) is 5.77. The zero-order valence-corrected chi connectivity index (χ0v) is 10.5. The van der Waals surface area contributed by atoms with Crippen molar-refractivity contribution in [3.63, 3.8) is 0 Å². The first-order valence-corrected chi connectivity index (χ1v) is 6.07. The molecule has 0 spiro atoms. The molecule has 0 amide bonds. The van der Waals surface area contributed by atoms with Gasteiger partial charge < -0.3 is 5.73 Å². The number of hydrogen-bond donors (Lipinski definition) is 1. The molecular formula is C14H19N3. The molecule has 0 aliphatic heterocycles. The lowest BCUT2D eigenvalue weighted by Gasteiger charge is -2.06. The average Bonchev–Trinajstić information content (AvgIpc) is 2.78. The molecule has 0 bridgehead atoms. The van der Waals surface area contributed by atoms with Crippen LogP contribution in [0.1, 0.15) is 24.5 Å². The molecule has 17 heavy (non-hydrogen) atoms. The van der Waals surface area contributed by atoms with E-state index in [2.05, 4.69) is 43.3 Å². The standard InChI is InChI=1S/C14H19N3/c1-3-6-17-10-13(9-16-17)14-5-4-11(2)7-12(14)8-15/h4-5,7,9-10H,3,6,8,15H2,1-2H3. The Morgan fingerprint density at radius 1 is 1.35 bits per heavy atom. The van der Waals surface area contributed by atoms with Gasteiger partial charge in [0.25, 0.3) is 0 Å². The molecule has 0 saturated heterocycles. The minimum atomic E-state index is 0.565. The maximum absolute atomic E-state index is 5.80. The molecule has 0 atom stereocenters. The predicted molar refractivity (Wildman–Crippen MR) is 70.6 cm³/mol. The monoisotopic (exact) mass is 229 g/mol. The third-order valence-corrected chi connectivity index (χ3v) is 2.88. The minimum absolute atomic E-state index is 0.565. The highest BCUT2D eigenvalue weighted by Crippen LogP contribution is 2.24. The summed E-state index contributed by atoms with van der Waals surface area (Å²) in [6.07, 6.45) is 5.10. The first kappa shape index (κ1) is 11.9. The molecule has 2 aromatic rings. The van der Waals surface area contributed by atoms with E-state index in [1.807, 2.05) is 10.9 Å². The molecule has 0 fully saturated rings. The average molecular weight is 229 g/mol. The lowest BCUT2D eigenvalue weighted by atomic mass is 10.0. The molecule has 90 valence electrons. The van der Waals surface area contributed by atoms with Crippen molar-refractivity contribution in [2.75, 3.05) is 0 Å². The molecule has 0 aliphatic carbocycles. The van der Waals surface area contributed by atoms with Gasteiger partial charge in [-0.1, -0.05) is 30.7 Å². The number of nitrogens with two attached hydrogens (primary N) is 1. The van der Waals surface area contributed by atoms with E-state index >= 15 is 0 Å². The van der Waals surface area contributed by atoms with Crippen LogP contribution in [0.15, 0.2) is 30.6 Å². The second kappa shape index (κ2) is 5.15. The van der Waals surface area contributed by atoms with Crippen LogP contribution in [0, 0.1) is 6.92 Å². The normalized spacial score (nSPS) is 10.8. The maximum Gasteiger partial charge on any atom is 0.0568 e. The molecule has 3 heteroatoms. The highest BCUT2D eigenvalue weighted by molar-refractivity contribution is 5.66. The summed E-state index contributed by atoms with van der Waals surface area (Å²) < 4.78 is 1.98. The van der Waals surface area contributed by atoms with E-state index in [0.717, 1.165) is 18.5 Å².